The van der Waals surface area contributed by atoms with Crippen LogP contribution in [0.15, 0.2) is 69.9 Å². The van der Waals surface area contributed by atoms with Crippen molar-refractivity contribution < 1.29 is 26.0 Å². The van der Waals surface area contributed by atoms with Gasteiger partial charge in [-0.25, -0.2) is 26.4 Å². The number of nitrogens with zero attached hydrogens (tertiary/aromatic N) is 3. The largest absolute Gasteiger partial charge is 0.313 e. The van der Waals surface area contributed by atoms with E-state index < -0.39 is 37.7 Å². The highest BCUT2D eigenvalue weighted by Gasteiger charge is 2.33. The van der Waals surface area contributed by atoms with Gasteiger partial charge in [0.15, 0.2) is 4.80 Å². The van der Waals surface area contributed by atoms with Gasteiger partial charge in [0.25, 0.3) is 5.91 Å². The van der Waals surface area contributed by atoms with Crippen molar-refractivity contribution in [3.8, 4) is 0 Å². The Kier molecular flexibility index (Phi) is 7.06. The molecular weight excluding hydrogens is 515 g/mol. The summed E-state index contributed by atoms with van der Waals surface area (Å²) < 4.78 is 66.2. The molecule has 2 N–H and O–H groups in total. The average molecular weight is 539 g/mol. The van der Waals surface area contributed by atoms with Crippen LogP contribution in [0.5, 0.6) is 0 Å². The Morgan fingerprint density at radius 1 is 1.17 bits per heavy atom. The van der Waals surface area contributed by atoms with Crippen LogP contribution >= 0.6 is 11.3 Å². The molecule has 2 aromatic carbocycles. The number of piperidine rings is 1. The van der Waals surface area contributed by atoms with E-state index in [0.717, 1.165) is 23.5 Å². The number of benzene rings is 2. The molecule has 0 bridgehead atoms. The Morgan fingerprint density at radius 2 is 1.86 bits per heavy atom. The van der Waals surface area contributed by atoms with Gasteiger partial charge in [0, 0.05) is 19.6 Å². The van der Waals surface area contributed by atoms with E-state index >= 15 is 0 Å². The number of amides is 1. The number of allylic oxidation sites excluding steroid dienone is 1. The van der Waals surface area contributed by atoms with E-state index in [-0.39, 0.29) is 22.9 Å². The van der Waals surface area contributed by atoms with Crippen LogP contribution < -0.4 is 9.94 Å². The number of nitrogens with two attached hydrogens (primary N) is 1. The molecule has 9 nitrogen and oxygen atoms in total. The molecule has 1 aromatic heterocycles. The molecule has 1 fully saturated rings. The summed E-state index contributed by atoms with van der Waals surface area (Å²) in [6, 6.07) is 8.96. The molecule has 1 unspecified atom stereocenters. The molecule has 1 amide bonds. The van der Waals surface area contributed by atoms with E-state index in [9.17, 15) is 26.0 Å². The summed E-state index contributed by atoms with van der Waals surface area (Å²) >= 11 is 1.13. The van der Waals surface area contributed by atoms with Crippen LogP contribution in [0.4, 0.5) is 4.39 Å². The van der Waals surface area contributed by atoms with Crippen LogP contribution in [0.1, 0.15) is 12.8 Å². The standard InChI is InChI=1S/C22H23FN4O5S3/c1-2-11-27-19-10-9-18(34(24,29)30)13-20(19)33-22(27)25-21(28)15-4-3-12-26(14-15)35(31,32)17-7-5-16(23)6-8-17/h2,5-10,13,15H,1,3-4,11-12,14H2,(H2,24,29,30). The summed E-state index contributed by atoms with van der Waals surface area (Å²) in [5, 5.41) is 5.23. The van der Waals surface area contributed by atoms with E-state index in [0.29, 0.717) is 34.4 Å². The van der Waals surface area contributed by atoms with Gasteiger partial charge >= 0.3 is 0 Å². The Balaban J connectivity index is 1.66. The van der Waals surface area contributed by atoms with Crippen LogP contribution in [0.2, 0.25) is 0 Å². The average Bonchev–Trinajstić information content (AvgIpc) is 3.15. The molecule has 0 spiro atoms. The van der Waals surface area contributed by atoms with Crippen molar-refractivity contribution in [1.29, 1.82) is 0 Å². The number of hydrogen-bond acceptors (Lipinski definition) is 6. The molecule has 35 heavy (non-hydrogen) atoms. The van der Waals surface area contributed by atoms with E-state index in [1.165, 1.54) is 28.6 Å². The lowest BCUT2D eigenvalue weighted by atomic mass is 9.99. The lowest BCUT2D eigenvalue weighted by molar-refractivity contribution is -0.122. The minimum absolute atomic E-state index is 0.0377. The Hall–Kier alpha value is -2.71. The number of hydrogen-bond donors (Lipinski definition) is 1. The second kappa shape index (κ2) is 9.74. The van der Waals surface area contributed by atoms with Crippen LogP contribution in [-0.2, 0) is 31.4 Å². The Labute approximate surface area is 206 Å². The number of aromatic nitrogens is 1. The lowest BCUT2D eigenvalue weighted by Gasteiger charge is -2.30. The fourth-order valence-corrected chi connectivity index (χ4v) is 7.15. The van der Waals surface area contributed by atoms with Crippen LogP contribution in [0, 0.1) is 11.7 Å². The quantitative estimate of drug-likeness (QED) is 0.481. The highest BCUT2D eigenvalue weighted by atomic mass is 32.2. The molecule has 4 rings (SSSR count). The zero-order valence-electron chi connectivity index (χ0n) is 18.5. The van der Waals surface area contributed by atoms with Gasteiger partial charge in [-0.2, -0.15) is 9.30 Å². The van der Waals surface area contributed by atoms with Crippen molar-refractivity contribution in [2.24, 2.45) is 16.0 Å². The molecular formula is C22H23FN4O5S3. The molecule has 2 heterocycles. The second-order valence-electron chi connectivity index (χ2n) is 8.06. The number of halogens is 1. The number of carbonyl (C=O) groups excluding carboxylic acids is 1. The van der Waals surface area contributed by atoms with Crippen molar-refractivity contribution >= 4 is 47.5 Å². The first-order chi connectivity index (χ1) is 16.5. The molecule has 1 atom stereocenters. The van der Waals surface area contributed by atoms with Crippen molar-refractivity contribution in [3.63, 3.8) is 0 Å². The van der Waals surface area contributed by atoms with Gasteiger partial charge in [-0.3, -0.25) is 4.79 Å². The summed E-state index contributed by atoms with van der Waals surface area (Å²) in [4.78, 5) is 17.6. The molecule has 0 aliphatic carbocycles. The zero-order valence-corrected chi connectivity index (χ0v) is 21.0. The fourth-order valence-electron chi connectivity index (χ4n) is 3.92. The van der Waals surface area contributed by atoms with Crippen molar-refractivity contribution in [3.05, 3.63) is 65.7 Å². The van der Waals surface area contributed by atoms with Crippen LogP contribution in [0.25, 0.3) is 10.2 Å². The molecule has 3 aromatic rings. The second-order valence-corrected chi connectivity index (χ2v) is 12.6. The highest BCUT2D eigenvalue weighted by Crippen LogP contribution is 2.25. The number of carbonyl (C=O) groups is 1. The predicted octanol–water partition coefficient (Wildman–Crippen LogP) is 2.20. The molecule has 1 aliphatic heterocycles. The van der Waals surface area contributed by atoms with E-state index in [1.807, 2.05) is 0 Å². The third kappa shape index (κ3) is 5.28. The van der Waals surface area contributed by atoms with Gasteiger partial charge in [0.1, 0.15) is 5.82 Å². The van der Waals surface area contributed by atoms with Crippen LogP contribution in [-0.4, -0.2) is 44.7 Å². The van der Waals surface area contributed by atoms with Gasteiger partial charge in [0.05, 0.1) is 25.9 Å². The summed E-state index contributed by atoms with van der Waals surface area (Å²) in [6.07, 6.45) is 2.57. The fraction of sp³-hybridized carbons (Fsp3) is 0.273. The molecule has 13 heteroatoms. The SMILES string of the molecule is C=CCn1c(=NC(=O)C2CCCN(S(=O)(=O)c3ccc(F)cc3)C2)sc2cc(S(N)(=O)=O)ccc21. The monoisotopic (exact) mass is 538 g/mol. The third-order valence-electron chi connectivity index (χ3n) is 5.69. The summed E-state index contributed by atoms with van der Waals surface area (Å²) in [7, 11) is -7.79. The first-order valence-electron chi connectivity index (χ1n) is 10.6. The van der Waals surface area contributed by atoms with Crippen molar-refractivity contribution in [2.45, 2.75) is 29.2 Å². The molecule has 186 valence electrons. The number of sulfonamides is 2. The number of rotatable bonds is 6. The van der Waals surface area contributed by atoms with E-state index in [2.05, 4.69) is 11.6 Å². The van der Waals surface area contributed by atoms with E-state index in [1.54, 1.807) is 16.7 Å². The number of primary sulfonamides is 1. The normalized spacial score (nSPS) is 18.1. The maximum absolute atomic E-state index is 13.2. The Bertz CT molecular complexity index is 1580. The van der Waals surface area contributed by atoms with Crippen LogP contribution in [0.3, 0.4) is 0 Å². The minimum atomic E-state index is -3.90. The first kappa shape index (κ1) is 25.4. The topological polar surface area (TPSA) is 132 Å². The summed E-state index contributed by atoms with van der Waals surface area (Å²) in [5.41, 5.74) is 0.665. The summed E-state index contributed by atoms with van der Waals surface area (Å²) in [6.45, 7) is 4.27. The van der Waals surface area contributed by atoms with Gasteiger partial charge in [0.2, 0.25) is 20.0 Å². The third-order valence-corrected chi connectivity index (χ3v) is 9.52. The van der Waals surface area contributed by atoms with Crippen molar-refractivity contribution in [1.82, 2.24) is 8.87 Å². The van der Waals surface area contributed by atoms with Gasteiger partial charge in [-0.05, 0) is 55.3 Å². The molecule has 1 aliphatic rings. The smallest absolute Gasteiger partial charge is 0.252 e. The Morgan fingerprint density at radius 3 is 2.51 bits per heavy atom. The minimum Gasteiger partial charge on any atom is -0.313 e. The maximum Gasteiger partial charge on any atom is 0.252 e. The van der Waals surface area contributed by atoms with Gasteiger partial charge in [-0.1, -0.05) is 17.4 Å². The molecule has 0 saturated carbocycles. The predicted molar refractivity (Wildman–Crippen MR) is 130 cm³/mol. The van der Waals surface area contributed by atoms with Gasteiger partial charge in [-0.15, -0.1) is 6.58 Å². The summed E-state index contributed by atoms with van der Waals surface area (Å²) in [5.74, 6) is -1.66. The molecule has 1 saturated heterocycles. The molecule has 0 radical (unpaired) electrons. The number of fused-ring (bicyclic) bond motifs is 1. The van der Waals surface area contributed by atoms with Crippen molar-refractivity contribution in [2.75, 3.05) is 13.1 Å². The van der Waals surface area contributed by atoms with Gasteiger partial charge < -0.3 is 4.57 Å². The number of thiazole rings is 1. The maximum atomic E-state index is 13.2. The highest BCUT2D eigenvalue weighted by molar-refractivity contribution is 7.89. The lowest BCUT2D eigenvalue weighted by Crippen LogP contribution is -2.42. The first-order valence-corrected chi connectivity index (χ1v) is 14.4. The van der Waals surface area contributed by atoms with E-state index in [4.69, 9.17) is 5.14 Å². The zero-order chi connectivity index (χ0) is 25.4.